The van der Waals surface area contributed by atoms with Crippen LogP contribution in [-0.2, 0) is 14.0 Å². The second-order valence-electron chi connectivity index (χ2n) is 7.57. The quantitative estimate of drug-likeness (QED) is 0.566. The molecule has 1 rings (SSSR count). The van der Waals surface area contributed by atoms with Gasteiger partial charge in [-0.15, -0.1) is 12.4 Å². The maximum atomic E-state index is 2.48. The van der Waals surface area contributed by atoms with Crippen LogP contribution in [0.2, 0.25) is 26.1 Å². The summed E-state index contributed by atoms with van der Waals surface area (Å²) < 4.78 is 1.70. The van der Waals surface area contributed by atoms with E-state index in [-0.39, 0.29) is 12.4 Å². The van der Waals surface area contributed by atoms with E-state index in [0.717, 1.165) is 0 Å². The van der Waals surface area contributed by atoms with Crippen molar-refractivity contribution in [2.45, 2.75) is 32.6 Å². The van der Waals surface area contributed by atoms with Crippen molar-refractivity contribution in [2.75, 3.05) is 0 Å². The minimum absolute atomic E-state index is 0. The van der Waals surface area contributed by atoms with Crippen molar-refractivity contribution in [3.63, 3.8) is 0 Å². The Hall–Kier alpha value is 0.484. The van der Waals surface area contributed by atoms with Gasteiger partial charge < -0.3 is 0 Å². The first-order valence-corrected chi connectivity index (χ1v) is 13.1. The van der Waals surface area contributed by atoms with Crippen LogP contribution in [0.25, 0.3) is 0 Å². The van der Waals surface area contributed by atoms with Crippen molar-refractivity contribution >= 4 is 12.4 Å². The molecule has 0 saturated heterocycles. The summed E-state index contributed by atoms with van der Waals surface area (Å²) >= 11 is -2.61. The summed E-state index contributed by atoms with van der Waals surface area (Å²) in [6.45, 7) is 0. The van der Waals surface area contributed by atoms with E-state index in [9.17, 15) is 0 Å². The fourth-order valence-electron chi connectivity index (χ4n) is 1.37. The number of halogens is 1. The molecule has 1 aliphatic rings. The van der Waals surface area contributed by atoms with Gasteiger partial charge in [0.25, 0.3) is 0 Å². The molecule has 0 nitrogen and oxygen atoms in total. The second kappa shape index (κ2) is 2.50. The normalized spacial score (nSPS) is 22.2. The van der Waals surface area contributed by atoms with Gasteiger partial charge in [0.1, 0.15) is 0 Å². The van der Waals surface area contributed by atoms with E-state index in [1.54, 1.807) is 3.88 Å². The summed E-state index contributed by atoms with van der Waals surface area (Å²) in [5, 5.41) is 12.4. The third-order valence-electron chi connectivity index (χ3n) is 2.38. The van der Waals surface area contributed by atoms with E-state index in [1.165, 1.54) is 6.42 Å². The summed E-state index contributed by atoms with van der Waals surface area (Å²) in [4.78, 5) is 0. The number of allylic oxidation sites excluding steroid dienone is 4. The average Bonchev–Trinajstić information content (AvgIpc) is 2.01. The van der Waals surface area contributed by atoms with Gasteiger partial charge in [-0.1, -0.05) is 0 Å². The fraction of sp³-hybridized carbons (Fsp3) is 0.600. The van der Waals surface area contributed by atoms with Crippen LogP contribution in [0.15, 0.2) is 22.1 Å². The van der Waals surface area contributed by atoms with Gasteiger partial charge in [-0.25, -0.2) is 0 Å². The van der Waals surface area contributed by atoms with Crippen molar-refractivity contribution in [2.24, 2.45) is 0 Å². The topological polar surface area (TPSA) is 0 Å². The molecule has 0 heterocycles. The zero-order valence-corrected chi connectivity index (χ0v) is 11.2. The first-order valence-electron chi connectivity index (χ1n) is 4.47. The molecule has 0 aromatic carbocycles. The molecule has 0 bridgehead atoms. The molecule has 0 amide bonds. The molecule has 0 N–H and O–H groups in total. The molecule has 2 heteroatoms. The van der Waals surface area contributed by atoms with Gasteiger partial charge >= 0.3 is 68.7 Å². The van der Waals surface area contributed by atoms with E-state index in [4.69, 9.17) is 0 Å². The van der Waals surface area contributed by atoms with Gasteiger partial charge in [0.15, 0.2) is 0 Å². The maximum absolute atomic E-state index is 2.61. The van der Waals surface area contributed by atoms with E-state index in [2.05, 4.69) is 44.4 Å². The molecular weight excluding hydrogens is 203 g/mol. The first kappa shape index (κ1) is 12.5. The van der Waals surface area contributed by atoms with E-state index < -0.39 is 14.0 Å². The Kier molecular flexibility index (Phi) is 2.60. The summed E-state index contributed by atoms with van der Waals surface area (Å²) in [5.41, 5.74) is 0. The zero-order valence-electron chi connectivity index (χ0n) is 8.85. The molecule has 0 aliphatic heterocycles. The zero-order chi connectivity index (χ0) is 8.81. The predicted octanol–water partition coefficient (Wildman–Crippen LogP) is 4.72. The van der Waals surface area contributed by atoms with Crippen molar-refractivity contribution < 1.29 is 14.0 Å². The van der Waals surface area contributed by atoms with Gasteiger partial charge in [0.05, 0.1) is 0 Å². The molecular formula is C10H21ClTi. The summed E-state index contributed by atoms with van der Waals surface area (Å²) in [7, 11) is 0. The monoisotopic (exact) mass is 224 g/mol. The van der Waals surface area contributed by atoms with Crippen LogP contribution >= 0.6 is 12.4 Å². The molecule has 0 unspecified atom stereocenters. The Morgan fingerprint density at radius 3 is 1.75 bits per heavy atom. The van der Waals surface area contributed by atoms with Crippen LogP contribution in [0.1, 0.15) is 6.42 Å². The molecule has 72 valence electrons. The van der Waals surface area contributed by atoms with Crippen LogP contribution in [-0.4, -0.2) is 0 Å². The number of rotatable bonds is 1. The van der Waals surface area contributed by atoms with Crippen molar-refractivity contribution in [1.82, 2.24) is 0 Å². The van der Waals surface area contributed by atoms with Crippen LogP contribution in [0.4, 0.5) is 0 Å². The third kappa shape index (κ3) is 3.08. The Bertz CT molecular complexity index is 237. The molecule has 0 spiro atoms. The summed E-state index contributed by atoms with van der Waals surface area (Å²) in [6, 6.07) is 0. The van der Waals surface area contributed by atoms with Crippen molar-refractivity contribution in [3.8, 4) is 0 Å². The Balaban J connectivity index is 0.00000121. The number of hydrogen-bond acceptors (Lipinski definition) is 0. The van der Waals surface area contributed by atoms with Gasteiger partial charge in [0.2, 0.25) is 0 Å². The molecule has 0 radical (unpaired) electrons. The molecule has 0 saturated carbocycles. The standard InChI is InChI=1S/C5H5.5CH3.ClH.Ti/c1-2-4-5-3-1;;;;;;;/h1-3H,4H2;5*1H3;1H;. The van der Waals surface area contributed by atoms with Gasteiger partial charge in [-0.2, -0.15) is 0 Å². The number of hydrogen-bond donors (Lipinski definition) is 0. The fourth-order valence-corrected chi connectivity index (χ4v) is 4.60. The molecule has 0 atom stereocenters. The average molecular weight is 225 g/mol. The van der Waals surface area contributed by atoms with E-state index in [1.807, 2.05) is 0 Å². The SMILES string of the molecule is Cl.[CH3][Ti]([CH3])([CH3])([CH3])([CH3])[C]1=CC=CC1. The van der Waals surface area contributed by atoms with E-state index in [0.29, 0.717) is 0 Å². The Morgan fingerprint density at radius 1 is 1.08 bits per heavy atom. The van der Waals surface area contributed by atoms with Gasteiger partial charge in [0, 0.05) is 0 Å². The summed E-state index contributed by atoms with van der Waals surface area (Å²) in [5.74, 6) is 0. The predicted molar refractivity (Wildman–Crippen MR) is 58.4 cm³/mol. The van der Waals surface area contributed by atoms with Crippen LogP contribution in [0, 0.1) is 0 Å². The molecule has 12 heavy (non-hydrogen) atoms. The third-order valence-corrected chi connectivity index (χ3v) is 7.97. The Morgan fingerprint density at radius 2 is 1.58 bits per heavy atom. The van der Waals surface area contributed by atoms with Crippen molar-refractivity contribution in [3.05, 3.63) is 22.1 Å². The second-order valence-corrected chi connectivity index (χ2v) is 28.1. The Labute approximate surface area is 80.9 Å². The minimum atomic E-state index is -2.61. The van der Waals surface area contributed by atoms with Crippen LogP contribution in [0.5, 0.6) is 0 Å². The van der Waals surface area contributed by atoms with Gasteiger partial charge in [-0.3, -0.25) is 0 Å². The van der Waals surface area contributed by atoms with Crippen LogP contribution in [0.3, 0.4) is 0 Å². The van der Waals surface area contributed by atoms with Crippen molar-refractivity contribution in [1.29, 1.82) is 0 Å². The van der Waals surface area contributed by atoms with E-state index >= 15 is 0 Å². The molecule has 0 aromatic heterocycles. The first-order chi connectivity index (χ1) is 4.59. The molecule has 0 fully saturated rings. The van der Waals surface area contributed by atoms with Gasteiger partial charge in [-0.05, 0) is 0 Å². The van der Waals surface area contributed by atoms with Crippen LogP contribution < -0.4 is 0 Å². The molecule has 1 aliphatic carbocycles. The summed E-state index contributed by atoms with van der Waals surface area (Å²) in [6.07, 6.45) is 7.98. The molecule has 0 aromatic rings.